The van der Waals surface area contributed by atoms with Crippen LogP contribution in [0.1, 0.15) is 51.9 Å². The number of fused-ring (bicyclic) bond motifs is 3. The number of imide groups is 1. The first-order valence-corrected chi connectivity index (χ1v) is 20.2. The third-order valence-corrected chi connectivity index (χ3v) is 13.2. The van der Waals surface area contributed by atoms with Gasteiger partial charge in [0.05, 0.1) is 23.1 Å². The summed E-state index contributed by atoms with van der Waals surface area (Å²) in [5.41, 5.74) is 2.72. The van der Waals surface area contributed by atoms with E-state index in [1.54, 1.807) is 13.0 Å². The number of nitrogens with zero attached hydrogens (tertiary/aromatic N) is 7. The molecule has 292 valence electrons. The first kappa shape index (κ1) is 36.1. The first-order chi connectivity index (χ1) is 26.6. The summed E-state index contributed by atoms with van der Waals surface area (Å²) >= 11 is 0. The van der Waals surface area contributed by atoms with E-state index in [1.807, 2.05) is 24.3 Å². The molecule has 0 saturated carbocycles. The van der Waals surface area contributed by atoms with Crippen molar-refractivity contribution in [2.75, 3.05) is 82.2 Å². The average Bonchev–Trinajstić information content (AvgIpc) is 3.48. The second-order valence-electron chi connectivity index (χ2n) is 17.0. The van der Waals surface area contributed by atoms with Crippen LogP contribution in [0.25, 0.3) is 11.3 Å². The number of piperidine rings is 3. The van der Waals surface area contributed by atoms with Crippen LogP contribution in [0.4, 0.5) is 15.9 Å². The maximum Gasteiger partial charge on any atom is 0.251 e. The normalized spacial score (nSPS) is 28.4. The van der Waals surface area contributed by atoms with Crippen molar-refractivity contribution in [1.29, 1.82) is 0 Å². The van der Waals surface area contributed by atoms with Gasteiger partial charge >= 0.3 is 0 Å². The maximum absolute atomic E-state index is 16.3. The molecule has 4 fully saturated rings. The van der Waals surface area contributed by atoms with Gasteiger partial charge in [-0.15, -0.1) is 10.2 Å². The smallest absolute Gasteiger partial charge is 0.251 e. The van der Waals surface area contributed by atoms with Gasteiger partial charge in [0, 0.05) is 82.9 Å². The quantitative estimate of drug-likeness (QED) is 0.360. The number of aromatic nitrogens is 2. The molecule has 4 saturated heterocycles. The van der Waals surface area contributed by atoms with Crippen molar-refractivity contribution in [2.24, 2.45) is 11.8 Å². The summed E-state index contributed by atoms with van der Waals surface area (Å²) in [5.74, 6) is 1.26. The summed E-state index contributed by atoms with van der Waals surface area (Å²) in [5, 5.41) is 25.1. The van der Waals surface area contributed by atoms with Crippen LogP contribution in [0.15, 0.2) is 53.3 Å². The molecule has 9 rings (SSSR count). The number of carbonyl (C=O) groups is 3. The molecule has 13 nitrogen and oxygen atoms in total. The van der Waals surface area contributed by atoms with Crippen LogP contribution in [-0.2, 0) is 14.4 Å². The van der Waals surface area contributed by atoms with Crippen molar-refractivity contribution in [3.8, 4) is 17.0 Å². The number of alkyl halides is 1. The zero-order valence-corrected chi connectivity index (χ0v) is 31.7. The Morgan fingerprint density at radius 1 is 0.909 bits per heavy atom. The Kier molecular flexibility index (Phi) is 9.52. The highest BCUT2D eigenvalue weighted by atomic mass is 19.1. The molecule has 1 aromatic carbocycles. The zero-order valence-electron chi connectivity index (χ0n) is 31.7. The maximum atomic E-state index is 16.3. The molecule has 3 N–H and O–H groups in total. The van der Waals surface area contributed by atoms with Gasteiger partial charge in [0.2, 0.25) is 11.8 Å². The highest BCUT2D eigenvalue weighted by molar-refractivity contribution is 6.05. The molecule has 14 heteroatoms. The van der Waals surface area contributed by atoms with Gasteiger partial charge in [-0.2, -0.15) is 0 Å². The third-order valence-electron chi connectivity index (χ3n) is 13.2. The number of nitrogens with one attached hydrogen (secondary N) is 2. The van der Waals surface area contributed by atoms with E-state index in [2.05, 4.69) is 46.5 Å². The molecule has 3 atom stereocenters. The van der Waals surface area contributed by atoms with E-state index in [9.17, 15) is 19.5 Å². The molecular formula is C41H52FN9O4. The van der Waals surface area contributed by atoms with E-state index in [0.717, 1.165) is 95.4 Å². The summed E-state index contributed by atoms with van der Waals surface area (Å²) in [6.45, 7) is 11.8. The van der Waals surface area contributed by atoms with Crippen molar-refractivity contribution in [2.45, 2.75) is 69.6 Å². The molecule has 0 radical (unpaired) electrons. The summed E-state index contributed by atoms with van der Waals surface area (Å²) in [4.78, 5) is 49.0. The lowest BCUT2D eigenvalue weighted by atomic mass is 9.84. The molecule has 7 aliphatic rings. The fourth-order valence-corrected chi connectivity index (χ4v) is 10.2. The summed E-state index contributed by atoms with van der Waals surface area (Å²) in [7, 11) is 0. The average molecular weight is 754 g/mol. The van der Waals surface area contributed by atoms with Crippen LogP contribution in [0, 0.1) is 11.8 Å². The van der Waals surface area contributed by atoms with E-state index < -0.39 is 17.6 Å². The molecule has 6 aliphatic heterocycles. The predicted octanol–water partition coefficient (Wildman–Crippen LogP) is 3.15. The van der Waals surface area contributed by atoms with E-state index in [1.165, 1.54) is 17.7 Å². The number of anilines is 2. The van der Waals surface area contributed by atoms with Gasteiger partial charge in [-0.05, 0) is 93.8 Å². The number of amides is 3. The van der Waals surface area contributed by atoms with Gasteiger partial charge in [-0.1, -0.05) is 12.1 Å². The number of carbonyl (C=O) groups excluding carboxylic acids is 3. The SMILES string of the molecule is CC1(F)CC2=C(C=C1N1CCC(CN3CCC(CN4CCN5c6cc(-c7ccccc7O)nnc6NC[C@H]5C4)CC3)CC1)CN(C1CCC(=O)NC1=O)C2=O. The summed E-state index contributed by atoms with van der Waals surface area (Å²) < 4.78 is 16.3. The molecule has 2 unspecified atom stereocenters. The predicted molar refractivity (Wildman–Crippen MR) is 206 cm³/mol. The van der Waals surface area contributed by atoms with Crippen molar-refractivity contribution >= 4 is 29.2 Å². The molecule has 3 amide bonds. The Morgan fingerprint density at radius 3 is 2.42 bits per heavy atom. The van der Waals surface area contributed by atoms with E-state index in [4.69, 9.17) is 0 Å². The lowest BCUT2D eigenvalue weighted by Crippen LogP contribution is -2.58. The molecule has 7 heterocycles. The summed E-state index contributed by atoms with van der Waals surface area (Å²) in [6, 6.07) is 9.01. The minimum atomic E-state index is -1.65. The van der Waals surface area contributed by atoms with Crippen LogP contribution < -0.4 is 15.5 Å². The number of hydrogen-bond acceptors (Lipinski definition) is 11. The Bertz CT molecular complexity index is 1920. The van der Waals surface area contributed by atoms with Crippen LogP contribution >= 0.6 is 0 Å². The number of benzene rings is 1. The standard InChI is InChI=1S/C41H52FN9O4/c1-41(42)20-31-28(24-51(40(31)55)33-6-7-37(53)44-39(33)54)18-36(41)49-14-10-27(11-15-49)22-47-12-8-26(9-13-47)23-48-16-17-50-29(25-48)21-43-38-34(50)19-32(45-46-38)30-4-2-3-5-35(30)52/h2-5,18-19,26-27,29,33,52H,6-17,20-25H2,1H3,(H,43,46)(H,44,53,54)/t29-,33?,41?/m0/s1. The number of rotatable bonds is 7. The lowest BCUT2D eigenvalue weighted by molar-refractivity contribution is -0.142. The zero-order chi connectivity index (χ0) is 37.8. The number of phenols is 1. The topological polar surface area (TPSA) is 137 Å². The van der Waals surface area contributed by atoms with Gasteiger partial charge in [0.15, 0.2) is 11.5 Å². The monoisotopic (exact) mass is 753 g/mol. The molecular weight excluding hydrogens is 702 g/mol. The Hall–Kier alpha value is -4.56. The minimum Gasteiger partial charge on any atom is -0.507 e. The van der Waals surface area contributed by atoms with Gasteiger partial charge < -0.3 is 30.0 Å². The van der Waals surface area contributed by atoms with Crippen molar-refractivity contribution < 1.29 is 23.9 Å². The molecule has 2 aromatic rings. The summed E-state index contributed by atoms with van der Waals surface area (Å²) in [6.07, 6.45) is 6.86. The van der Waals surface area contributed by atoms with Gasteiger partial charge in [0.1, 0.15) is 11.8 Å². The molecule has 0 bridgehead atoms. The number of allylic oxidation sites excluding steroid dienone is 1. The lowest BCUT2D eigenvalue weighted by Gasteiger charge is -2.47. The number of piperazine rings is 1. The molecule has 55 heavy (non-hydrogen) atoms. The second kappa shape index (κ2) is 14.5. The van der Waals surface area contributed by atoms with Gasteiger partial charge in [-0.25, -0.2) is 4.39 Å². The Morgan fingerprint density at radius 2 is 1.65 bits per heavy atom. The van der Waals surface area contributed by atoms with Gasteiger partial charge in [-0.3, -0.25) is 24.6 Å². The van der Waals surface area contributed by atoms with Crippen LogP contribution in [0.2, 0.25) is 0 Å². The fraction of sp³-hybridized carbons (Fsp3) is 0.585. The highest BCUT2D eigenvalue weighted by Crippen LogP contribution is 2.43. The Balaban J connectivity index is 0.735. The Labute approximate surface area is 321 Å². The second-order valence-corrected chi connectivity index (χ2v) is 17.0. The highest BCUT2D eigenvalue weighted by Gasteiger charge is 2.47. The molecule has 1 aromatic heterocycles. The number of likely N-dealkylation sites (tertiary alicyclic amines) is 2. The van der Waals surface area contributed by atoms with Gasteiger partial charge in [0.25, 0.3) is 5.91 Å². The van der Waals surface area contributed by atoms with Crippen LogP contribution in [0.3, 0.4) is 0 Å². The largest absolute Gasteiger partial charge is 0.507 e. The van der Waals surface area contributed by atoms with Crippen molar-refractivity contribution in [1.82, 2.24) is 35.1 Å². The minimum absolute atomic E-state index is 0.0176. The number of aromatic hydroxyl groups is 1. The number of halogens is 1. The first-order valence-electron chi connectivity index (χ1n) is 20.2. The number of hydrogen-bond donors (Lipinski definition) is 3. The number of phenolic OH excluding ortho intramolecular Hbond substituents is 1. The van der Waals surface area contributed by atoms with E-state index >= 15 is 4.39 Å². The van der Waals surface area contributed by atoms with Crippen molar-refractivity contribution in [3.63, 3.8) is 0 Å². The van der Waals surface area contributed by atoms with Crippen LogP contribution in [-0.4, -0.2) is 142 Å². The van der Waals surface area contributed by atoms with E-state index in [-0.39, 0.29) is 37.0 Å². The van der Waals surface area contributed by atoms with Crippen molar-refractivity contribution in [3.05, 3.63) is 53.3 Å². The molecule has 0 spiro atoms. The van der Waals surface area contributed by atoms with E-state index in [0.29, 0.717) is 46.8 Å². The number of para-hydroxylation sites is 1. The van der Waals surface area contributed by atoms with Crippen LogP contribution in [0.5, 0.6) is 5.75 Å². The molecule has 1 aliphatic carbocycles. The fourth-order valence-electron chi connectivity index (χ4n) is 10.2. The third kappa shape index (κ3) is 7.07.